The van der Waals surface area contributed by atoms with Gasteiger partial charge in [-0.05, 0) is 24.3 Å². The smallest absolute Gasteiger partial charge is 0.310 e. The Bertz CT molecular complexity index is 919. The molecule has 1 amide bonds. The zero-order chi connectivity index (χ0) is 17.1. The molecule has 0 spiro atoms. The molecule has 0 fully saturated rings. The molecule has 0 unspecified atom stereocenters. The number of H-pyrrole nitrogens is 1. The van der Waals surface area contributed by atoms with Gasteiger partial charge in [-0.3, -0.25) is 14.9 Å². The van der Waals surface area contributed by atoms with Gasteiger partial charge >= 0.3 is 5.69 Å². The van der Waals surface area contributed by atoms with Gasteiger partial charge in [0, 0.05) is 18.1 Å². The summed E-state index contributed by atoms with van der Waals surface area (Å²) in [6, 6.07) is 11.2. The number of hydrogen-bond donors (Lipinski definition) is 2. The van der Waals surface area contributed by atoms with E-state index in [1.54, 1.807) is 36.4 Å². The minimum Gasteiger partial charge on any atom is -0.486 e. The first-order chi connectivity index (χ1) is 11.5. The van der Waals surface area contributed by atoms with Crippen molar-refractivity contribution in [3.05, 3.63) is 64.0 Å². The molecule has 0 saturated heterocycles. The second kappa shape index (κ2) is 6.37. The van der Waals surface area contributed by atoms with Gasteiger partial charge in [0.2, 0.25) is 5.91 Å². The van der Waals surface area contributed by atoms with E-state index in [1.165, 1.54) is 6.07 Å². The molecule has 8 nitrogen and oxygen atoms in total. The average molecular weight is 326 g/mol. The van der Waals surface area contributed by atoms with E-state index in [4.69, 9.17) is 10.5 Å². The van der Waals surface area contributed by atoms with E-state index in [1.807, 2.05) is 0 Å². The quantitative estimate of drug-likeness (QED) is 0.530. The van der Waals surface area contributed by atoms with Crippen molar-refractivity contribution in [3.63, 3.8) is 0 Å². The molecular weight excluding hydrogens is 312 g/mol. The third kappa shape index (κ3) is 3.17. The number of carbonyl (C=O) groups excluding carboxylic acids is 1. The van der Waals surface area contributed by atoms with Gasteiger partial charge in [-0.25, -0.2) is 4.98 Å². The molecule has 0 saturated carbocycles. The van der Waals surface area contributed by atoms with E-state index in [0.717, 1.165) is 0 Å². The zero-order valence-corrected chi connectivity index (χ0v) is 12.6. The summed E-state index contributed by atoms with van der Waals surface area (Å²) in [4.78, 5) is 29.1. The molecule has 3 aromatic rings. The van der Waals surface area contributed by atoms with Crippen molar-refractivity contribution in [2.45, 2.75) is 6.42 Å². The molecule has 2 aromatic carbocycles. The van der Waals surface area contributed by atoms with Crippen molar-refractivity contribution in [2.75, 3.05) is 6.61 Å². The first-order valence-electron chi connectivity index (χ1n) is 7.19. The molecule has 0 aliphatic heterocycles. The first kappa shape index (κ1) is 15.5. The lowest BCUT2D eigenvalue weighted by molar-refractivity contribution is -0.385. The number of aromatic amines is 1. The summed E-state index contributed by atoms with van der Waals surface area (Å²) in [6.07, 6.45) is 0.437. The maximum Gasteiger partial charge on any atom is 0.310 e. The largest absolute Gasteiger partial charge is 0.486 e. The Labute approximate surface area is 136 Å². The van der Waals surface area contributed by atoms with Crippen LogP contribution in [0.2, 0.25) is 0 Å². The number of primary amides is 1. The van der Waals surface area contributed by atoms with E-state index in [0.29, 0.717) is 28.8 Å². The van der Waals surface area contributed by atoms with Crippen LogP contribution in [-0.2, 0) is 6.42 Å². The summed E-state index contributed by atoms with van der Waals surface area (Å²) in [5.74, 6) is 0.368. The SMILES string of the molecule is NC(=O)c1ccc2nc(CCOc3ccccc3[N+](=O)[O-])[nH]c2c1. The lowest BCUT2D eigenvalue weighted by Gasteiger charge is -2.05. The molecule has 1 heterocycles. The number of nitro groups is 1. The Morgan fingerprint density at radius 3 is 2.83 bits per heavy atom. The molecule has 0 bridgehead atoms. The highest BCUT2D eigenvalue weighted by Crippen LogP contribution is 2.25. The average Bonchev–Trinajstić information content (AvgIpc) is 2.96. The number of benzene rings is 2. The van der Waals surface area contributed by atoms with Gasteiger partial charge in [0.15, 0.2) is 5.75 Å². The van der Waals surface area contributed by atoms with E-state index in [9.17, 15) is 14.9 Å². The van der Waals surface area contributed by atoms with Crippen molar-refractivity contribution in [2.24, 2.45) is 5.73 Å². The maximum absolute atomic E-state index is 11.2. The van der Waals surface area contributed by atoms with Crippen molar-refractivity contribution in [3.8, 4) is 5.75 Å². The Balaban J connectivity index is 1.70. The van der Waals surface area contributed by atoms with Crippen LogP contribution in [-0.4, -0.2) is 27.4 Å². The van der Waals surface area contributed by atoms with Crippen molar-refractivity contribution >= 4 is 22.6 Å². The Hall–Kier alpha value is -3.42. The summed E-state index contributed by atoms with van der Waals surface area (Å²) < 4.78 is 5.48. The number of imidazole rings is 1. The van der Waals surface area contributed by atoms with Crippen LogP contribution in [0.5, 0.6) is 5.75 Å². The predicted octanol–water partition coefficient (Wildman–Crippen LogP) is 2.19. The van der Waals surface area contributed by atoms with Gasteiger partial charge in [-0.15, -0.1) is 0 Å². The number of nitrogens with one attached hydrogen (secondary N) is 1. The number of nitro benzene ring substituents is 1. The van der Waals surface area contributed by atoms with Crippen LogP contribution in [0.15, 0.2) is 42.5 Å². The minimum atomic E-state index is -0.507. The van der Waals surface area contributed by atoms with Crippen molar-refractivity contribution in [1.29, 1.82) is 0 Å². The molecule has 122 valence electrons. The number of nitrogens with zero attached hydrogens (tertiary/aromatic N) is 2. The number of carbonyl (C=O) groups is 1. The standard InChI is InChI=1S/C16H14N4O4/c17-16(21)10-5-6-11-12(9-10)19-15(18-11)7-8-24-14-4-2-1-3-13(14)20(22)23/h1-6,9H,7-8H2,(H2,17,21)(H,18,19). The van der Waals surface area contributed by atoms with Gasteiger partial charge < -0.3 is 15.5 Å². The number of ether oxygens (including phenoxy) is 1. The van der Waals surface area contributed by atoms with Gasteiger partial charge in [0.1, 0.15) is 5.82 Å². The number of para-hydroxylation sites is 2. The fourth-order valence-corrected chi connectivity index (χ4v) is 2.32. The van der Waals surface area contributed by atoms with E-state index in [-0.39, 0.29) is 18.0 Å². The normalized spacial score (nSPS) is 10.7. The zero-order valence-electron chi connectivity index (χ0n) is 12.6. The first-order valence-corrected chi connectivity index (χ1v) is 7.19. The molecule has 8 heteroatoms. The highest BCUT2D eigenvalue weighted by Gasteiger charge is 2.13. The van der Waals surface area contributed by atoms with Crippen LogP contribution in [0.25, 0.3) is 11.0 Å². The Morgan fingerprint density at radius 1 is 1.29 bits per heavy atom. The van der Waals surface area contributed by atoms with Crippen LogP contribution in [0.1, 0.15) is 16.2 Å². The Morgan fingerprint density at radius 2 is 2.08 bits per heavy atom. The lowest BCUT2D eigenvalue weighted by Crippen LogP contribution is -2.10. The Kier molecular flexibility index (Phi) is 4.11. The van der Waals surface area contributed by atoms with E-state index < -0.39 is 10.8 Å². The van der Waals surface area contributed by atoms with Crippen LogP contribution >= 0.6 is 0 Å². The summed E-state index contributed by atoms with van der Waals surface area (Å²) in [6.45, 7) is 0.230. The maximum atomic E-state index is 11.2. The van der Waals surface area contributed by atoms with Gasteiger partial charge in [0.25, 0.3) is 0 Å². The second-order valence-corrected chi connectivity index (χ2v) is 5.10. The van der Waals surface area contributed by atoms with Crippen LogP contribution < -0.4 is 10.5 Å². The summed E-state index contributed by atoms with van der Waals surface area (Å²) in [5.41, 5.74) is 6.98. The fraction of sp³-hybridized carbons (Fsp3) is 0.125. The molecule has 0 aliphatic rings. The topological polar surface area (TPSA) is 124 Å². The molecule has 0 aliphatic carbocycles. The number of hydrogen-bond acceptors (Lipinski definition) is 5. The van der Waals surface area contributed by atoms with Gasteiger partial charge in [-0.1, -0.05) is 12.1 Å². The summed E-state index contributed by atoms with van der Waals surface area (Å²) >= 11 is 0. The number of amides is 1. The fourth-order valence-electron chi connectivity index (χ4n) is 2.32. The third-order valence-electron chi connectivity index (χ3n) is 3.47. The number of aromatic nitrogens is 2. The summed E-state index contributed by atoms with van der Waals surface area (Å²) in [7, 11) is 0. The third-order valence-corrected chi connectivity index (χ3v) is 3.47. The molecule has 3 rings (SSSR count). The van der Waals surface area contributed by atoms with Gasteiger partial charge in [0.05, 0.1) is 22.6 Å². The minimum absolute atomic E-state index is 0.0757. The molecule has 24 heavy (non-hydrogen) atoms. The molecule has 1 aromatic heterocycles. The van der Waals surface area contributed by atoms with E-state index in [2.05, 4.69) is 9.97 Å². The van der Waals surface area contributed by atoms with E-state index >= 15 is 0 Å². The van der Waals surface area contributed by atoms with Crippen LogP contribution in [0.4, 0.5) is 5.69 Å². The highest BCUT2D eigenvalue weighted by atomic mass is 16.6. The molecule has 0 radical (unpaired) electrons. The predicted molar refractivity (Wildman–Crippen MR) is 86.9 cm³/mol. The van der Waals surface area contributed by atoms with Crippen molar-refractivity contribution < 1.29 is 14.5 Å². The number of fused-ring (bicyclic) bond motifs is 1. The second-order valence-electron chi connectivity index (χ2n) is 5.10. The molecule has 0 atom stereocenters. The highest BCUT2D eigenvalue weighted by molar-refractivity contribution is 5.96. The lowest BCUT2D eigenvalue weighted by atomic mass is 10.2. The number of rotatable bonds is 6. The van der Waals surface area contributed by atoms with Crippen molar-refractivity contribution in [1.82, 2.24) is 9.97 Å². The van der Waals surface area contributed by atoms with Gasteiger partial charge in [-0.2, -0.15) is 0 Å². The number of nitrogens with two attached hydrogens (primary N) is 1. The molecule has 3 N–H and O–H groups in total. The summed E-state index contributed by atoms with van der Waals surface area (Å²) in [5, 5.41) is 10.9. The monoisotopic (exact) mass is 326 g/mol. The van der Waals surface area contributed by atoms with Crippen LogP contribution in [0, 0.1) is 10.1 Å². The van der Waals surface area contributed by atoms with Crippen LogP contribution in [0.3, 0.4) is 0 Å². The molecular formula is C16H14N4O4.